The molecule has 39 heavy (non-hydrogen) atoms. The molecule has 3 aromatic carbocycles. The van der Waals surface area contributed by atoms with Gasteiger partial charge in [-0.2, -0.15) is 0 Å². The number of rotatable bonds is 13. The summed E-state index contributed by atoms with van der Waals surface area (Å²) in [6.07, 6.45) is 0.890. The van der Waals surface area contributed by atoms with Crippen molar-refractivity contribution >= 4 is 75.3 Å². The van der Waals surface area contributed by atoms with Gasteiger partial charge in [0, 0.05) is 34.6 Å². The predicted octanol–water partition coefficient (Wildman–Crippen LogP) is 7.80. The van der Waals surface area contributed by atoms with Crippen molar-refractivity contribution in [3.8, 4) is 11.5 Å². The number of carbonyl (C=O) groups excluding carboxylic acids is 2. The minimum atomic E-state index is -0.619. The van der Waals surface area contributed by atoms with Gasteiger partial charge in [0.05, 0.1) is 28.2 Å². The van der Waals surface area contributed by atoms with Crippen molar-refractivity contribution in [1.82, 2.24) is 0 Å². The number of hydrogen-bond acceptors (Lipinski definition) is 6. The Bertz CT molecular complexity index is 1360. The third-order valence-electron chi connectivity index (χ3n) is 5.15. The van der Waals surface area contributed by atoms with E-state index < -0.39 is 10.8 Å². The van der Waals surface area contributed by atoms with Crippen LogP contribution in [0.25, 0.3) is 0 Å². The van der Waals surface area contributed by atoms with Crippen molar-refractivity contribution < 1.29 is 24.0 Å². The Kier molecular flexibility index (Phi) is 11.5. The maximum Gasteiger partial charge on any atom is 0.292 e. The van der Waals surface area contributed by atoms with Crippen LogP contribution in [0.1, 0.15) is 25.7 Å². The Morgan fingerprint density at radius 3 is 1.74 bits per heavy atom. The second-order valence-corrected chi connectivity index (χ2v) is 9.83. The van der Waals surface area contributed by atoms with E-state index >= 15 is 0 Å². The van der Waals surface area contributed by atoms with Crippen molar-refractivity contribution in [3.05, 3.63) is 84.8 Å². The van der Waals surface area contributed by atoms with E-state index in [0.717, 1.165) is 0 Å². The van der Waals surface area contributed by atoms with Crippen LogP contribution in [-0.2, 0) is 9.59 Å². The minimum Gasteiger partial charge on any atom is -0.492 e. The van der Waals surface area contributed by atoms with Crippen molar-refractivity contribution in [2.75, 3.05) is 23.8 Å². The standard InChI is InChI=1S/C26H23Cl4N3O6/c27-16-5-9-23(19(29)13-16)38-11-1-3-25(34)31-18-7-8-22(33(36)37)21(15-18)32-26(35)4-2-12-39-24-10-6-17(28)14-20(24)30/h5-10,13-15H,1-4,11-12H2,(H,31,34)(H,32,35). The third kappa shape index (κ3) is 9.78. The molecule has 0 aliphatic carbocycles. The molecule has 0 aromatic heterocycles. The number of ether oxygens (including phenoxy) is 2. The SMILES string of the molecule is O=C(CCCOc1ccc(Cl)cc1Cl)Nc1ccc([N+](=O)[O-])c(NC(=O)CCCOc2ccc(Cl)cc2Cl)c1. The summed E-state index contributed by atoms with van der Waals surface area (Å²) in [6.45, 7) is 0.436. The van der Waals surface area contributed by atoms with Crippen LogP contribution in [0.2, 0.25) is 20.1 Å². The molecule has 0 saturated heterocycles. The molecule has 0 spiro atoms. The van der Waals surface area contributed by atoms with E-state index in [2.05, 4.69) is 10.6 Å². The molecule has 0 atom stereocenters. The predicted molar refractivity (Wildman–Crippen MR) is 153 cm³/mol. The van der Waals surface area contributed by atoms with Crippen molar-refractivity contribution in [2.24, 2.45) is 0 Å². The maximum atomic E-state index is 12.4. The molecule has 3 aromatic rings. The highest BCUT2D eigenvalue weighted by atomic mass is 35.5. The summed E-state index contributed by atoms with van der Waals surface area (Å²) >= 11 is 23.8. The van der Waals surface area contributed by atoms with Crippen LogP contribution in [0.5, 0.6) is 11.5 Å². The summed E-state index contributed by atoms with van der Waals surface area (Å²) < 4.78 is 11.1. The molecule has 2 amide bonds. The molecule has 2 N–H and O–H groups in total. The Balaban J connectivity index is 1.48. The fourth-order valence-corrected chi connectivity index (χ4v) is 4.25. The average Bonchev–Trinajstić information content (AvgIpc) is 2.86. The summed E-state index contributed by atoms with van der Waals surface area (Å²) in [5.74, 6) is 0.105. The molecule has 0 aliphatic rings. The molecule has 0 heterocycles. The summed E-state index contributed by atoms with van der Waals surface area (Å²) in [6, 6.07) is 13.6. The molecule has 0 radical (unpaired) electrons. The Morgan fingerprint density at radius 2 is 1.26 bits per heavy atom. The fourth-order valence-electron chi connectivity index (χ4n) is 3.32. The third-order valence-corrected chi connectivity index (χ3v) is 6.21. The van der Waals surface area contributed by atoms with Crippen LogP contribution in [0.3, 0.4) is 0 Å². The van der Waals surface area contributed by atoms with Gasteiger partial charge in [0.2, 0.25) is 11.8 Å². The average molecular weight is 615 g/mol. The number of carbonyl (C=O) groups is 2. The molecule has 0 aliphatic heterocycles. The van der Waals surface area contributed by atoms with Crippen molar-refractivity contribution in [1.29, 1.82) is 0 Å². The van der Waals surface area contributed by atoms with Gasteiger partial charge in [-0.3, -0.25) is 19.7 Å². The number of halogens is 4. The first-order valence-corrected chi connectivity index (χ1v) is 13.2. The number of amides is 2. The lowest BCUT2D eigenvalue weighted by Crippen LogP contribution is -2.16. The second kappa shape index (κ2) is 14.8. The summed E-state index contributed by atoms with van der Waals surface area (Å²) in [5.41, 5.74) is -0.0488. The summed E-state index contributed by atoms with van der Waals surface area (Å²) in [4.78, 5) is 35.6. The lowest BCUT2D eigenvalue weighted by Gasteiger charge is -2.11. The lowest BCUT2D eigenvalue weighted by atomic mass is 10.2. The van der Waals surface area contributed by atoms with Crippen LogP contribution in [-0.4, -0.2) is 30.0 Å². The van der Waals surface area contributed by atoms with E-state index in [1.54, 1.807) is 36.4 Å². The highest BCUT2D eigenvalue weighted by Crippen LogP contribution is 2.30. The first-order valence-electron chi connectivity index (χ1n) is 11.7. The van der Waals surface area contributed by atoms with Crippen LogP contribution >= 0.6 is 46.4 Å². The van der Waals surface area contributed by atoms with Crippen LogP contribution < -0.4 is 20.1 Å². The van der Waals surface area contributed by atoms with Gasteiger partial charge in [-0.05, 0) is 61.4 Å². The van der Waals surface area contributed by atoms with Crippen LogP contribution in [0.15, 0.2) is 54.6 Å². The quantitative estimate of drug-likeness (QED) is 0.115. The van der Waals surface area contributed by atoms with E-state index in [9.17, 15) is 19.7 Å². The molecule has 0 saturated carbocycles. The van der Waals surface area contributed by atoms with Gasteiger partial charge in [0.25, 0.3) is 5.69 Å². The molecule has 206 valence electrons. The molecular formula is C26H23Cl4N3O6. The molecule has 3 rings (SSSR count). The fraction of sp³-hybridized carbons (Fsp3) is 0.231. The zero-order valence-electron chi connectivity index (χ0n) is 20.3. The smallest absolute Gasteiger partial charge is 0.292 e. The van der Waals surface area contributed by atoms with Gasteiger partial charge in [-0.25, -0.2) is 0 Å². The normalized spacial score (nSPS) is 10.6. The zero-order valence-corrected chi connectivity index (χ0v) is 23.4. The van der Waals surface area contributed by atoms with E-state index in [1.807, 2.05) is 0 Å². The van der Waals surface area contributed by atoms with Gasteiger partial charge in [0.1, 0.15) is 17.2 Å². The van der Waals surface area contributed by atoms with Crippen molar-refractivity contribution in [2.45, 2.75) is 25.7 Å². The molecule has 9 nitrogen and oxygen atoms in total. The Labute approximate surface area is 244 Å². The number of anilines is 2. The molecule has 0 bridgehead atoms. The van der Waals surface area contributed by atoms with Gasteiger partial charge in [0.15, 0.2) is 0 Å². The number of nitrogens with one attached hydrogen (secondary N) is 2. The molecular weight excluding hydrogens is 592 g/mol. The summed E-state index contributed by atoms with van der Waals surface area (Å²) in [5, 5.41) is 18.3. The monoisotopic (exact) mass is 613 g/mol. The molecule has 0 fully saturated rings. The number of nitro groups is 1. The van der Waals surface area contributed by atoms with Gasteiger partial charge < -0.3 is 20.1 Å². The number of nitro benzene ring substituents is 1. The van der Waals surface area contributed by atoms with Crippen LogP contribution in [0, 0.1) is 10.1 Å². The van der Waals surface area contributed by atoms with E-state index in [0.29, 0.717) is 50.1 Å². The number of nitrogens with zero attached hydrogens (tertiary/aromatic N) is 1. The Morgan fingerprint density at radius 1 is 0.744 bits per heavy atom. The largest absolute Gasteiger partial charge is 0.492 e. The highest BCUT2D eigenvalue weighted by Gasteiger charge is 2.17. The summed E-state index contributed by atoms with van der Waals surface area (Å²) in [7, 11) is 0. The lowest BCUT2D eigenvalue weighted by molar-refractivity contribution is -0.383. The first-order chi connectivity index (χ1) is 18.6. The Hall–Kier alpha value is -3.24. The first kappa shape index (κ1) is 30.3. The molecule has 0 unspecified atom stereocenters. The van der Waals surface area contributed by atoms with Crippen molar-refractivity contribution in [3.63, 3.8) is 0 Å². The van der Waals surface area contributed by atoms with E-state index in [-0.39, 0.29) is 43.3 Å². The highest BCUT2D eigenvalue weighted by molar-refractivity contribution is 6.36. The zero-order chi connectivity index (χ0) is 28.4. The molecule has 13 heteroatoms. The minimum absolute atomic E-state index is 0.0369. The van der Waals surface area contributed by atoms with E-state index in [1.165, 1.54) is 18.2 Å². The van der Waals surface area contributed by atoms with Gasteiger partial charge in [-0.1, -0.05) is 46.4 Å². The number of hydrogen-bond donors (Lipinski definition) is 2. The van der Waals surface area contributed by atoms with Gasteiger partial charge >= 0.3 is 0 Å². The topological polar surface area (TPSA) is 120 Å². The van der Waals surface area contributed by atoms with Crippen LogP contribution in [0.4, 0.5) is 17.1 Å². The number of benzene rings is 3. The maximum absolute atomic E-state index is 12.4. The van der Waals surface area contributed by atoms with E-state index in [4.69, 9.17) is 55.9 Å². The second-order valence-electron chi connectivity index (χ2n) is 8.14. The van der Waals surface area contributed by atoms with Gasteiger partial charge in [-0.15, -0.1) is 0 Å².